The molecular weight excluding hydrogens is 188 g/mol. The van der Waals surface area contributed by atoms with Crippen molar-refractivity contribution in [2.45, 2.75) is 44.9 Å². The number of ketones is 1. The van der Waals surface area contributed by atoms with Crippen LogP contribution in [-0.2, 0) is 9.53 Å². The van der Waals surface area contributed by atoms with Gasteiger partial charge in [0, 0.05) is 25.6 Å². The van der Waals surface area contributed by atoms with Crippen LogP contribution in [0, 0.1) is 5.92 Å². The van der Waals surface area contributed by atoms with Crippen molar-refractivity contribution in [3.63, 3.8) is 0 Å². The Balaban J connectivity index is 2.04. The molecule has 1 aliphatic heterocycles. The zero-order chi connectivity index (χ0) is 10.9. The molecule has 1 fully saturated rings. The highest BCUT2D eigenvalue weighted by Gasteiger charge is 2.20. The Kier molecular flexibility index (Phi) is 6.33. The molecule has 0 saturated carbocycles. The largest absolute Gasteiger partial charge is 0.381 e. The van der Waals surface area contributed by atoms with Crippen LogP contribution in [0.1, 0.15) is 44.9 Å². The molecule has 0 atom stereocenters. The van der Waals surface area contributed by atoms with Gasteiger partial charge < -0.3 is 4.74 Å². The zero-order valence-corrected chi connectivity index (χ0v) is 9.54. The van der Waals surface area contributed by atoms with Crippen molar-refractivity contribution in [3.8, 4) is 0 Å². The molecule has 0 aromatic heterocycles. The number of rotatable bonds is 7. The number of carbonyl (C=O) groups excluding carboxylic acids is 1. The Bertz CT molecular complexity index is 193. The molecule has 0 aliphatic carbocycles. The van der Waals surface area contributed by atoms with Crippen molar-refractivity contribution in [2.75, 3.05) is 13.2 Å². The third-order valence-electron chi connectivity index (χ3n) is 3.01. The quantitative estimate of drug-likeness (QED) is 0.476. The van der Waals surface area contributed by atoms with E-state index in [1.54, 1.807) is 0 Å². The smallest absolute Gasteiger partial charge is 0.136 e. The first kappa shape index (κ1) is 12.4. The van der Waals surface area contributed by atoms with E-state index in [0.717, 1.165) is 51.7 Å². The lowest BCUT2D eigenvalue weighted by Crippen LogP contribution is -2.23. The van der Waals surface area contributed by atoms with Gasteiger partial charge in [0.15, 0.2) is 0 Å². The summed E-state index contributed by atoms with van der Waals surface area (Å²) in [5, 5.41) is 0. The molecule has 0 unspecified atom stereocenters. The first-order valence-corrected chi connectivity index (χ1v) is 6.06. The summed E-state index contributed by atoms with van der Waals surface area (Å²) in [6.07, 6.45) is 9.03. The van der Waals surface area contributed by atoms with Crippen LogP contribution in [0.4, 0.5) is 0 Å². The molecule has 1 heterocycles. The number of carbonyl (C=O) groups is 1. The highest BCUT2D eigenvalue weighted by molar-refractivity contribution is 5.80. The molecule has 0 radical (unpaired) electrons. The summed E-state index contributed by atoms with van der Waals surface area (Å²) in [5.41, 5.74) is 0. The number of hydrogen-bond donors (Lipinski definition) is 0. The van der Waals surface area contributed by atoms with Gasteiger partial charge in [-0.25, -0.2) is 0 Å². The minimum absolute atomic E-state index is 0.290. The molecule has 2 heteroatoms. The second kappa shape index (κ2) is 7.63. The number of allylic oxidation sites excluding steroid dienone is 1. The number of ether oxygens (including phenoxy) is 1. The summed E-state index contributed by atoms with van der Waals surface area (Å²) in [7, 11) is 0. The van der Waals surface area contributed by atoms with Crippen LogP contribution < -0.4 is 0 Å². The second-order valence-corrected chi connectivity index (χ2v) is 4.24. The van der Waals surface area contributed by atoms with Crippen molar-refractivity contribution < 1.29 is 9.53 Å². The Morgan fingerprint density at radius 2 is 2.00 bits per heavy atom. The van der Waals surface area contributed by atoms with E-state index in [1.807, 2.05) is 6.08 Å². The van der Waals surface area contributed by atoms with E-state index >= 15 is 0 Å². The average molecular weight is 210 g/mol. The Morgan fingerprint density at radius 1 is 1.27 bits per heavy atom. The Labute approximate surface area is 92.7 Å². The predicted octanol–water partition coefficient (Wildman–Crippen LogP) is 3.12. The van der Waals surface area contributed by atoms with E-state index < -0.39 is 0 Å². The van der Waals surface area contributed by atoms with Gasteiger partial charge in [-0.05, 0) is 32.1 Å². The summed E-state index contributed by atoms with van der Waals surface area (Å²) >= 11 is 0. The predicted molar refractivity (Wildman–Crippen MR) is 61.8 cm³/mol. The fourth-order valence-electron chi connectivity index (χ4n) is 1.99. The molecule has 2 nitrogen and oxygen atoms in total. The number of Topliss-reactive ketones (excluding diaryl/α,β-unsaturated/α-hetero) is 1. The first-order valence-electron chi connectivity index (χ1n) is 6.06. The third kappa shape index (κ3) is 5.12. The van der Waals surface area contributed by atoms with Gasteiger partial charge in [-0.15, -0.1) is 6.58 Å². The molecule has 1 aliphatic rings. The molecule has 0 aromatic rings. The summed E-state index contributed by atoms with van der Waals surface area (Å²) < 4.78 is 5.24. The highest BCUT2D eigenvalue weighted by atomic mass is 16.5. The van der Waals surface area contributed by atoms with E-state index in [2.05, 4.69) is 6.58 Å². The van der Waals surface area contributed by atoms with E-state index in [0.29, 0.717) is 5.78 Å². The minimum atomic E-state index is 0.290. The molecule has 0 spiro atoms. The standard InChI is InChI=1S/C13H22O2/c1-2-3-4-5-6-7-13(14)12-8-10-15-11-9-12/h2,12H,1,3-11H2. The second-order valence-electron chi connectivity index (χ2n) is 4.24. The van der Waals surface area contributed by atoms with Crippen molar-refractivity contribution in [1.29, 1.82) is 0 Å². The summed E-state index contributed by atoms with van der Waals surface area (Å²) in [6, 6.07) is 0. The van der Waals surface area contributed by atoms with Crippen molar-refractivity contribution in [1.82, 2.24) is 0 Å². The van der Waals surface area contributed by atoms with E-state index in [9.17, 15) is 4.79 Å². The van der Waals surface area contributed by atoms with Crippen molar-refractivity contribution in [2.24, 2.45) is 5.92 Å². The van der Waals surface area contributed by atoms with Crippen molar-refractivity contribution in [3.05, 3.63) is 12.7 Å². The first-order chi connectivity index (χ1) is 7.34. The summed E-state index contributed by atoms with van der Waals surface area (Å²) in [4.78, 5) is 11.8. The zero-order valence-electron chi connectivity index (χ0n) is 9.54. The van der Waals surface area contributed by atoms with E-state index in [4.69, 9.17) is 4.74 Å². The number of unbranched alkanes of at least 4 members (excludes halogenated alkanes) is 3. The monoisotopic (exact) mass is 210 g/mol. The van der Waals surface area contributed by atoms with Crippen LogP contribution in [0.3, 0.4) is 0 Å². The molecule has 0 amide bonds. The summed E-state index contributed by atoms with van der Waals surface area (Å²) in [5.74, 6) is 0.745. The van der Waals surface area contributed by atoms with Gasteiger partial charge in [0.1, 0.15) is 5.78 Å². The van der Waals surface area contributed by atoms with Crippen LogP contribution >= 0.6 is 0 Å². The van der Waals surface area contributed by atoms with Gasteiger partial charge in [-0.3, -0.25) is 4.79 Å². The van der Waals surface area contributed by atoms with Crippen LogP contribution in [0.5, 0.6) is 0 Å². The fraction of sp³-hybridized carbons (Fsp3) is 0.769. The maximum Gasteiger partial charge on any atom is 0.136 e. The molecule has 1 rings (SSSR count). The lowest BCUT2D eigenvalue weighted by molar-refractivity contribution is -0.125. The van der Waals surface area contributed by atoms with Gasteiger partial charge in [-0.2, -0.15) is 0 Å². The van der Waals surface area contributed by atoms with E-state index in [-0.39, 0.29) is 5.92 Å². The van der Waals surface area contributed by atoms with E-state index in [1.165, 1.54) is 6.42 Å². The van der Waals surface area contributed by atoms with Crippen LogP contribution in [0.2, 0.25) is 0 Å². The lowest BCUT2D eigenvalue weighted by Gasteiger charge is -2.20. The topological polar surface area (TPSA) is 26.3 Å². The average Bonchev–Trinajstić information content (AvgIpc) is 2.30. The van der Waals surface area contributed by atoms with Crippen molar-refractivity contribution >= 4 is 5.78 Å². The van der Waals surface area contributed by atoms with Crippen LogP contribution in [-0.4, -0.2) is 19.0 Å². The molecule has 0 bridgehead atoms. The molecule has 0 aromatic carbocycles. The maximum atomic E-state index is 11.8. The van der Waals surface area contributed by atoms with Gasteiger partial charge >= 0.3 is 0 Å². The third-order valence-corrected chi connectivity index (χ3v) is 3.01. The van der Waals surface area contributed by atoms with Crippen LogP contribution in [0.15, 0.2) is 12.7 Å². The molecular formula is C13H22O2. The Hall–Kier alpha value is -0.630. The van der Waals surface area contributed by atoms with Gasteiger partial charge in [-0.1, -0.05) is 12.5 Å². The fourth-order valence-corrected chi connectivity index (χ4v) is 1.99. The molecule has 15 heavy (non-hydrogen) atoms. The maximum absolute atomic E-state index is 11.8. The van der Waals surface area contributed by atoms with Gasteiger partial charge in [0.2, 0.25) is 0 Å². The highest BCUT2D eigenvalue weighted by Crippen LogP contribution is 2.18. The van der Waals surface area contributed by atoms with Gasteiger partial charge in [0.25, 0.3) is 0 Å². The minimum Gasteiger partial charge on any atom is -0.381 e. The molecule has 0 N–H and O–H groups in total. The lowest BCUT2D eigenvalue weighted by atomic mass is 9.92. The molecule has 1 saturated heterocycles. The molecule has 86 valence electrons. The summed E-state index contributed by atoms with van der Waals surface area (Å²) in [6.45, 7) is 5.23. The van der Waals surface area contributed by atoms with Crippen LogP contribution in [0.25, 0.3) is 0 Å². The number of hydrogen-bond acceptors (Lipinski definition) is 2. The normalized spacial score (nSPS) is 17.6. The van der Waals surface area contributed by atoms with Gasteiger partial charge in [0.05, 0.1) is 0 Å². The Morgan fingerprint density at radius 3 is 2.67 bits per heavy atom. The SMILES string of the molecule is C=CCCCCCC(=O)C1CCOCC1.